The number of amides is 1. The van der Waals surface area contributed by atoms with E-state index in [0.717, 1.165) is 44.0 Å². The zero-order valence-electron chi connectivity index (χ0n) is 12.2. The summed E-state index contributed by atoms with van der Waals surface area (Å²) in [5.74, 6) is 2.79. The van der Waals surface area contributed by atoms with Gasteiger partial charge in [-0.05, 0) is 19.3 Å². The highest BCUT2D eigenvalue weighted by molar-refractivity contribution is 5.79. The SMILES string of the molecule is CC(C)c1nnc2n1CCN(C(=O)[C@H]1CC=CCC1)C2. The van der Waals surface area contributed by atoms with Crippen molar-refractivity contribution >= 4 is 5.91 Å². The van der Waals surface area contributed by atoms with Crippen LogP contribution in [0.25, 0.3) is 0 Å². The van der Waals surface area contributed by atoms with E-state index in [1.165, 1.54) is 0 Å². The molecule has 2 heterocycles. The number of fused-ring (bicyclic) bond motifs is 1. The molecule has 1 aromatic heterocycles. The maximum absolute atomic E-state index is 12.5. The van der Waals surface area contributed by atoms with Gasteiger partial charge in [-0.15, -0.1) is 10.2 Å². The molecule has 3 rings (SSSR count). The third kappa shape index (κ3) is 2.37. The molecule has 5 heteroatoms. The Morgan fingerprint density at radius 2 is 2.15 bits per heavy atom. The van der Waals surface area contributed by atoms with Gasteiger partial charge in [0.2, 0.25) is 5.91 Å². The Labute approximate surface area is 119 Å². The quantitative estimate of drug-likeness (QED) is 0.776. The first-order valence-electron chi connectivity index (χ1n) is 7.52. The number of carbonyl (C=O) groups excluding carboxylic acids is 1. The minimum Gasteiger partial charge on any atom is -0.333 e. The predicted molar refractivity (Wildman–Crippen MR) is 76.0 cm³/mol. The van der Waals surface area contributed by atoms with Crippen LogP contribution in [-0.4, -0.2) is 32.1 Å². The average molecular weight is 274 g/mol. The third-order valence-electron chi connectivity index (χ3n) is 4.23. The van der Waals surface area contributed by atoms with Gasteiger partial charge in [-0.1, -0.05) is 26.0 Å². The van der Waals surface area contributed by atoms with Crippen molar-refractivity contribution in [1.29, 1.82) is 0 Å². The number of hydrogen-bond acceptors (Lipinski definition) is 3. The first-order chi connectivity index (χ1) is 9.66. The van der Waals surface area contributed by atoms with Gasteiger partial charge in [-0.25, -0.2) is 0 Å². The van der Waals surface area contributed by atoms with Crippen LogP contribution in [0.15, 0.2) is 12.2 Å². The largest absolute Gasteiger partial charge is 0.333 e. The summed E-state index contributed by atoms with van der Waals surface area (Å²) in [5, 5.41) is 8.53. The zero-order valence-corrected chi connectivity index (χ0v) is 12.2. The van der Waals surface area contributed by atoms with Crippen LogP contribution in [0.4, 0.5) is 0 Å². The summed E-state index contributed by atoms with van der Waals surface area (Å²) in [4.78, 5) is 14.5. The van der Waals surface area contributed by atoms with Crippen molar-refractivity contribution in [2.24, 2.45) is 5.92 Å². The second-order valence-corrected chi connectivity index (χ2v) is 6.02. The molecular weight excluding hydrogens is 252 g/mol. The van der Waals surface area contributed by atoms with Gasteiger partial charge >= 0.3 is 0 Å². The number of nitrogens with zero attached hydrogens (tertiary/aromatic N) is 4. The van der Waals surface area contributed by atoms with Crippen LogP contribution in [0.2, 0.25) is 0 Å². The second-order valence-electron chi connectivity index (χ2n) is 6.02. The Balaban J connectivity index is 1.72. The maximum Gasteiger partial charge on any atom is 0.226 e. The van der Waals surface area contributed by atoms with Gasteiger partial charge in [0.05, 0.1) is 6.54 Å². The smallest absolute Gasteiger partial charge is 0.226 e. The molecule has 0 spiro atoms. The summed E-state index contributed by atoms with van der Waals surface area (Å²) in [5.41, 5.74) is 0. The van der Waals surface area contributed by atoms with Crippen LogP contribution in [0, 0.1) is 5.92 Å². The van der Waals surface area contributed by atoms with Crippen LogP contribution >= 0.6 is 0 Å². The molecule has 108 valence electrons. The Morgan fingerprint density at radius 1 is 1.30 bits per heavy atom. The van der Waals surface area contributed by atoms with Gasteiger partial charge in [0.15, 0.2) is 5.82 Å². The number of aromatic nitrogens is 3. The summed E-state index contributed by atoms with van der Waals surface area (Å²) >= 11 is 0. The lowest BCUT2D eigenvalue weighted by Gasteiger charge is -2.31. The number of allylic oxidation sites excluding steroid dienone is 2. The zero-order chi connectivity index (χ0) is 14.1. The van der Waals surface area contributed by atoms with Crippen LogP contribution < -0.4 is 0 Å². The molecule has 1 aliphatic carbocycles. The normalized spacial score (nSPS) is 22.1. The van der Waals surface area contributed by atoms with Gasteiger partial charge in [-0.3, -0.25) is 4.79 Å². The molecule has 0 saturated carbocycles. The fraction of sp³-hybridized carbons (Fsp3) is 0.667. The topological polar surface area (TPSA) is 51.0 Å². The van der Waals surface area contributed by atoms with E-state index in [-0.39, 0.29) is 11.8 Å². The van der Waals surface area contributed by atoms with E-state index in [0.29, 0.717) is 12.5 Å². The molecule has 0 bridgehead atoms. The molecule has 5 nitrogen and oxygen atoms in total. The van der Waals surface area contributed by atoms with Crippen LogP contribution in [0.3, 0.4) is 0 Å². The van der Waals surface area contributed by atoms with E-state index < -0.39 is 0 Å². The maximum atomic E-state index is 12.5. The van der Waals surface area contributed by atoms with Gasteiger partial charge in [0.1, 0.15) is 5.82 Å². The Morgan fingerprint density at radius 3 is 2.85 bits per heavy atom. The molecule has 0 N–H and O–H groups in total. The molecule has 1 aromatic rings. The summed E-state index contributed by atoms with van der Waals surface area (Å²) in [6.45, 7) is 6.47. The average Bonchev–Trinajstić information content (AvgIpc) is 2.90. The minimum absolute atomic E-state index is 0.166. The number of rotatable bonds is 2. The van der Waals surface area contributed by atoms with Crippen LogP contribution in [0.1, 0.15) is 50.7 Å². The predicted octanol–water partition coefficient (Wildman–Crippen LogP) is 2.10. The van der Waals surface area contributed by atoms with Crippen molar-refractivity contribution < 1.29 is 4.79 Å². The second kappa shape index (κ2) is 5.38. The highest BCUT2D eigenvalue weighted by Crippen LogP contribution is 2.24. The molecule has 0 saturated heterocycles. The van der Waals surface area contributed by atoms with Crippen LogP contribution in [0.5, 0.6) is 0 Å². The lowest BCUT2D eigenvalue weighted by molar-refractivity contribution is -0.137. The van der Waals surface area contributed by atoms with Crippen molar-refractivity contribution in [3.05, 3.63) is 23.8 Å². The van der Waals surface area contributed by atoms with Crippen molar-refractivity contribution in [3.8, 4) is 0 Å². The molecule has 0 unspecified atom stereocenters. The standard InChI is InChI=1S/C15H22N4O/c1-11(2)14-17-16-13-10-18(8-9-19(13)14)15(20)12-6-4-3-5-7-12/h3-4,11-12H,5-10H2,1-2H3/t12-/m0/s1. The summed E-state index contributed by atoms with van der Waals surface area (Å²) in [6, 6.07) is 0. The van der Waals surface area contributed by atoms with Crippen LogP contribution in [-0.2, 0) is 17.9 Å². The van der Waals surface area contributed by atoms with E-state index in [4.69, 9.17) is 0 Å². The highest BCUT2D eigenvalue weighted by Gasteiger charge is 2.29. The summed E-state index contributed by atoms with van der Waals surface area (Å²) in [6.07, 6.45) is 7.20. The molecule has 2 aliphatic rings. The minimum atomic E-state index is 0.166. The van der Waals surface area contributed by atoms with E-state index in [2.05, 4.69) is 40.8 Å². The van der Waals surface area contributed by atoms with Gasteiger partial charge in [-0.2, -0.15) is 0 Å². The molecular formula is C15H22N4O. The van der Waals surface area contributed by atoms with E-state index in [1.807, 2.05) is 4.90 Å². The lowest BCUT2D eigenvalue weighted by atomic mass is 9.93. The Bertz CT molecular complexity index is 532. The first kappa shape index (κ1) is 13.3. The summed E-state index contributed by atoms with van der Waals surface area (Å²) in [7, 11) is 0. The fourth-order valence-corrected chi connectivity index (χ4v) is 3.07. The number of hydrogen-bond donors (Lipinski definition) is 0. The van der Waals surface area contributed by atoms with Crippen molar-refractivity contribution in [3.63, 3.8) is 0 Å². The Hall–Kier alpha value is -1.65. The molecule has 0 aromatic carbocycles. The molecule has 0 fully saturated rings. The van der Waals surface area contributed by atoms with E-state index in [1.54, 1.807) is 0 Å². The fourth-order valence-electron chi connectivity index (χ4n) is 3.07. The van der Waals surface area contributed by atoms with Crippen molar-refractivity contribution in [1.82, 2.24) is 19.7 Å². The lowest BCUT2D eigenvalue weighted by Crippen LogP contribution is -2.42. The van der Waals surface area contributed by atoms with E-state index >= 15 is 0 Å². The van der Waals surface area contributed by atoms with Gasteiger partial charge in [0, 0.05) is 24.9 Å². The first-order valence-corrected chi connectivity index (χ1v) is 7.52. The molecule has 20 heavy (non-hydrogen) atoms. The highest BCUT2D eigenvalue weighted by atomic mass is 16.2. The number of carbonyl (C=O) groups is 1. The Kier molecular flexibility index (Phi) is 3.59. The molecule has 0 radical (unpaired) electrons. The van der Waals surface area contributed by atoms with Crippen molar-refractivity contribution in [2.45, 2.75) is 52.1 Å². The van der Waals surface area contributed by atoms with Gasteiger partial charge < -0.3 is 9.47 Å². The van der Waals surface area contributed by atoms with Crippen molar-refractivity contribution in [2.75, 3.05) is 6.54 Å². The molecule has 1 aliphatic heterocycles. The third-order valence-corrected chi connectivity index (χ3v) is 4.23. The van der Waals surface area contributed by atoms with E-state index in [9.17, 15) is 4.79 Å². The van der Waals surface area contributed by atoms with Gasteiger partial charge in [0.25, 0.3) is 0 Å². The summed E-state index contributed by atoms with van der Waals surface area (Å²) < 4.78 is 2.18. The molecule has 1 amide bonds. The monoisotopic (exact) mass is 274 g/mol. The molecule has 1 atom stereocenters.